The van der Waals surface area contributed by atoms with E-state index in [4.69, 9.17) is 21.7 Å². The Hall–Kier alpha value is -4.24. The maximum atomic E-state index is 13.4. The first-order valence-corrected chi connectivity index (χ1v) is 12.3. The van der Waals surface area contributed by atoms with E-state index in [0.29, 0.717) is 35.8 Å². The van der Waals surface area contributed by atoms with E-state index in [1.165, 1.54) is 4.90 Å². The van der Waals surface area contributed by atoms with Crippen molar-refractivity contribution in [2.24, 2.45) is 0 Å². The summed E-state index contributed by atoms with van der Waals surface area (Å²) in [5.41, 5.74) is 4.24. The molecule has 2 aromatic carbocycles. The molecular formula is C28H27N3O5S. The number of anilines is 1. The number of carbonyl (C=O) groups is 3. The molecule has 1 fully saturated rings. The largest absolute Gasteiger partial charge is 0.494 e. The number of carbonyl (C=O) groups excluding carboxylic acids is 3. The lowest BCUT2D eigenvalue weighted by atomic mass is 10.1. The first-order valence-electron chi connectivity index (χ1n) is 11.9. The Bertz CT molecular complexity index is 1400. The van der Waals surface area contributed by atoms with Gasteiger partial charge in [-0.3, -0.25) is 19.8 Å². The minimum atomic E-state index is -0.555. The second-order valence-electron chi connectivity index (χ2n) is 8.31. The molecule has 1 aliphatic heterocycles. The number of ether oxygens (including phenoxy) is 2. The molecular weight excluding hydrogens is 490 g/mol. The minimum Gasteiger partial charge on any atom is -0.494 e. The molecule has 190 valence electrons. The monoisotopic (exact) mass is 517 g/mol. The molecule has 0 unspecified atom stereocenters. The smallest absolute Gasteiger partial charge is 0.338 e. The molecule has 2 amide bonds. The molecule has 2 heterocycles. The average molecular weight is 518 g/mol. The number of esters is 1. The SMILES string of the molecule is CCOC(=O)c1ccc(-n2c(C)cc(/C=C3/C(=O)NC(=S)N(c4ccc(OCC)cc4)C3=O)c2C)cc1. The normalized spacial score (nSPS) is 14.6. The molecule has 0 bridgehead atoms. The molecule has 0 saturated carbocycles. The Morgan fingerprint density at radius 3 is 2.24 bits per heavy atom. The van der Waals surface area contributed by atoms with Gasteiger partial charge in [-0.1, -0.05) is 0 Å². The van der Waals surface area contributed by atoms with Crippen molar-refractivity contribution in [3.05, 3.63) is 82.7 Å². The van der Waals surface area contributed by atoms with Crippen LogP contribution in [0.2, 0.25) is 0 Å². The zero-order chi connectivity index (χ0) is 26.7. The fourth-order valence-electron chi connectivity index (χ4n) is 4.20. The predicted octanol–water partition coefficient (Wildman–Crippen LogP) is 4.50. The van der Waals surface area contributed by atoms with Gasteiger partial charge in [0.2, 0.25) is 0 Å². The highest BCUT2D eigenvalue weighted by Gasteiger charge is 2.34. The average Bonchev–Trinajstić information content (AvgIpc) is 3.15. The van der Waals surface area contributed by atoms with Gasteiger partial charge in [0.25, 0.3) is 11.8 Å². The van der Waals surface area contributed by atoms with Crippen LogP contribution in [0.1, 0.15) is 41.2 Å². The molecule has 0 radical (unpaired) electrons. The van der Waals surface area contributed by atoms with Crippen molar-refractivity contribution in [1.29, 1.82) is 0 Å². The summed E-state index contributed by atoms with van der Waals surface area (Å²) in [5, 5.41) is 2.63. The van der Waals surface area contributed by atoms with Crippen molar-refractivity contribution in [2.45, 2.75) is 27.7 Å². The zero-order valence-corrected chi connectivity index (χ0v) is 21.8. The fraction of sp³-hybridized carbons (Fsp3) is 0.214. The van der Waals surface area contributed by atoms with Crippen LogP contribution < -0.4 is 15.0 Å². The van der Waals surface area contributed by atoms with Crippen molar-refractivity contribution in [3.8, 4) is 11.4 Å². The molecule has 1 saturated heterocycles. The summed E-state index contributed by atoms with van der Waals surface area (Å²) in [7, 11) is 0. The molecule has 0 aliphatic carbocycles. The number of hydrogen-bond donors (Lipinski definition) is 1. The van der Waals surface area contributed by atoms with E-state index in [0.717, 1.165) is 17.1 Å². The number of nitrogens with one attached hydrogen (secondary N) is 1. The van der Waals surface area contributed by atoms with Gasteiger partial charge in [-0.25, -0.2) is 4.79 Å². The highest BCUT2D eigenvalue weighted by atomic mass is 32.1. The van der Waals surface area contributed by atoms with Crippen LogP contribution in [0.25, 0.3) is 11.8 Å². The number of aromatic nitrogens is 1. The van der Waals surface area contributed by atoms with Crippen LogP contribution in [-0.2, 0) is 14.3 Å². The summed E-state index contributed by atoms with van der Waals surface area (Å²) in [6.07, 6.45) is 1.58. The molecule has 0 atom stereocenters. The van der Waals surface area contributed by atoms with Gasteiger partial charge in [0.1, 0.15) is 11.3 Å². The van der Waals surface area contributed by atoms with Crippen LogP contribution >= 0.6 is 12.2 Å². The van der Waals surface area contributed by atoms with E-state index < -0.39 is 11.8 Å². The predicted molar refractivity (Wildman–Crippen MR) is 145 cm³/mol. The summed E-state index contributed by atoms with van der Waals surface area (Å²) in [4.78, 5) is 39.5. The molecule has 3 aromatic rings. The summed E-state index contributed by atoms with van der Waals surface area (Å²) in [5.74, 6) is -0.774. The van der Waals surface area contributed by atoms with Crippen molar-refractivity contribution < 1.29 is 23.9 Å². The molecule has 1 N–H and O–H groups in total. The van der Waals surface area contributed by atoms with Gasteiger partial charge in [0.15, 0.2) is 5.11 Å². The fourth-order valence-corrected chi connectivity index (χ4v) is 4.48. The van der Waals surface area contributed by atoms with Gasteiger partial charge < -0.3 is 14.0 Å². The Labute approximate surface area is 220 Å². The molecule has 9 heteroatoms. The maximum absolute atomic E-state index is 13.4. The summed E-state index contributed by atoms with van der Waals surface area (Å²) in [6, 6.07) is 15.9. The first kappa shape index (κ1) is 25.8. The van der Waals surface area contributed by atoms with Gasteiger partial charge in [-0.2, -0.15) is 0 Å². The van der Waals surface area contributed by atoms with Crippen LogP contribution in [0, 0.1) is 13.8 Å². The lowest BCUT2D eigenvalue weighted by Crippen LogP contribution is -2.54. The highest BCUT2D eigenvalue weighted by Crippen LogP contribution is 2.27. The van der Waals surface area contributed by atoms with E-state index in [1.807, 2.05) is 43.5 Å². The lowest BCUT2D eigenvalue weighted by molar-refractivity contribution is -0.122. The van der Waals surface area contributed by atoms with Gasteiger partial charge in [0.05, 0.1) is 24.5 Å². The Morgan fingerprint density at radius 2 is 1.62 bits per heavy atom. The molecule has 37 heavy (non-hydrogen) atoms. The Morgan fingerprint density at radius 1 is 0.973 bits per heavy atom. The quantitative estimate of drug-likeness (QED) is 0.215. The summed E-state index contributed by atoms with van der Waals surface area (Å²) >= 11 is 5.30. The zero-order valence-electron chi connectivity index (χ0n) is 21.0. The van der Waals surface area contributed by atoms with Crippen molar-refractivity contribution in [3.63, 3.8) is 0 Å². The Kier molecular flexibility index (Phi) is 7.54. The minimum absolute atomic E-state index is 0.0171. The van der Waals surface area contributed by atoms with Crippen LogP contribution in [-0.4, -0.2) is 40.7 Å². The standard InChI is InChI=1S/C28H27N3O5S/c1-5-35-23-13-11-22(12-14-23)31-26(33)24(25(32)29-28(31)37)16-20-15-17(3)30(18(20)4)21-9-7-19(8-10-21)27(34)36-6-2/h7-16H,5-6H2,1-4H3,(H,29,32,37)/b24-16-. The third-order valence-electron chi connectivity index (χ3n) is 5.91. The molecule has 8 nitrogen and oxygen atoms in total. The van der Waals surface area contributed by atoms with E-state index in [2.05, 4.69) is 5.32 Å². The summed E-state index contributed by atoms with van der Waals surface area (Å²) < 4.78 is 12.5. The van der Waals surface area contributed by atoms with E-state index in [1.54, 1.807) is 49.4 Å². The van der Waals surface area contributed by atoms with E-state index in [-0.39, 0.29) is 16.7 Å². The number of amides is 2. The van der Waals surface area contributed by atoms with Crippen LogP contribution in [0.5, 0.6) is 5.75 Å². The number of hydrogen-bond acceptors (Lipinski definition) is 6. The van der Waals surface area contributed by atoms with Gasteiger partial charge in [0, 0.05) is 17.1 Å². The highest BCUT2D eigenvalue weighted by molar-refractivity contribution is 7.80. The number of benzene rings is 2. The third-order valence-corrected chi connectivity index (χ3v) is 6.20. The third kappa shape index (κ3) is 5.17. The number of rotatable bonds is 7. The van der Waals surface area contributed by atoms with Gasteiger partial charge in [-0.05, 0) is 106 Å². The lowest BCUT2D eigenvalue weighted by Gasteiger charge is -2.29. The molecule has 1 aliphatic rings. The van der Waals surface area contributed by atoms with Crippen molar-refractivity contribution >= 4 is 46.9 Å². The summed E-state index contributed by atoms with van der Waals surface area (Å²) in [6.45, 7) is 8.31. The van der Waals surface area contributed by atoms with E-state index in [9.17, 15) is 14.4 Å². The first-order chi connectivity index (χ1) is 17.7. The van der Waals surface area contributed by atoms with Crippen molar-refractivity contribution in [1.82, 2.24) is 9.88 Å². The van der Waals surface area contributed by atoms with E-state index >= 15 is 0 Å². The topological polar surface area (TPSA) is 89.9 Å². The van der Waals surface area contributed by atoms with Gasteiger partial charge in [-0.15, -0.1) is 0 Å². The molecule has 0 spiro atoms. The second-order valence-corrected chi connectivity index (χ2v) is 8.70. The molecule has 1 aromatic heterocycles. The van der Waals surface area contributed by atoms with Crippen molar-refractivity contribution in [2.75, 3.05) is 18.1 Å². The van der Waals surface area contributed by atoms with Crippen LogP contribution in [0.4, 0.5) is 5.69 Å². The van der Waals surface area contributed by atoms with Crippen LogP contribution in [0.15, 0.2) is 60.2 Å². The van der Waals surface area contributed by atoms with Gasteiger partial charge >= 0.3 is 5.97 Å². The number of nitrogens with zero attached hydrogens (tertiary/aromatic N) is 2. The maximum Gasteiger partial charge on any atom is 0.338 e. The molecule has 4 rings (SSSR count). The van der Waals surface area contributed by atoms with Crippen LogP contribution in [0.3, 0.4) is 0 Å². The Balaban J connectivity index is 1.66. The number of thiocarbonyl (C=S) groups is 1. The second kappa shape index (κ2) is 10.8. The number of aryl methyl sites for hydroxylation is 1.